The molecule has 1 aliphatic carbocycles. The quantitative estimate of drug-likeness (QED) is 0.463. The molecule has 0 spiro atoms. The lowest BCUT2D eigenvalue weighted by Gasteiger charge is -2.44. The molecule has 2 bridgehead atoms. The molecule has 2 amide bonds. The number of amides is 2. The molecule has 8 heteroatoms. The van der Waals surface area contributed by atoms with Gasteiger partial charge in [0.15, 0.2) is 0 Å². The van der Waals surface area contributed by atoms with Gasteiger partial charge in [-0.1, -0.05) is 48.5 Å². The Bertz CT molecular complexity index is 1160. The van der Waals surface area contributed by atoms with Crippen LogP contribution in [0.25, 0.3) is 11.1 Å². The van der Waals surface area contributed by atoms with Gasteiger partial charge in [-0.05, 0) is 55.9 Å². The van der Waals surface area contributed by atoms with E-state index in [4.69, 9.17) is 14.2 Å². The number of nitrogens with one attached hydrogen (secondary N) is 1. The Morgan fingerprint density at radius 2 is 1.49 bits per heavy atom. The molecule has 2 atom stereocenters. The van der Waals surface area contributed by atoms with E-state index in [1.807, 2.05) is 45.0 Å². The lowest BCUT2D eigenvalue weighted by Crippen LogP contribution is -2.64. The third kappa shape index (κ3) is 4.65. The van der Waals surface area contributed by atoms with Gasteiger partial charge in [-0.2, -0.15) is 0 Å². The van der Waals surface area contributed by atoms with E-state index in [9.17, 15) is 14.4 Å². The molecular formula is C29H34N2O6. The lowest BCUT2D eigenvalue weighted by atomic mass is 9.83. The summed E-state index contributed by atoms with van der Waals surface area (Å²) in [5, 5.41) is 2.85. The van der Waals surface area contributed by atoms with Crippen molar-refractivity contribution in [3.8, 4) is 11.1 Å². The summed E-state index contributed by atoms with van der Waals surface area (Å²) < 4.78 is 16.5. The molecule has 0 saturated carbocycles. The Kier molecular flexibility index (Phi) is 6.38. The van der Waals surface area contributed by atoms with Crippen molar-refractivity contribution in [1.82, 2.24) is 10.2 Å². The zero-order valence-electron chi connectivity index (χ0n) is 21.8. The van der Waals surface area contributed by atoms with Crippen LogP contribution >= 0.6 is 0 Å². The second-order valence-corrected chi connectivity index (χ2v) is 11.2. The lowest BCUT2D eigenvalue weighted by molar-refractivity contribution is -0.152. The van der Waals surface area contributed by atoms with E-state index < -0.39 is 23.2 Å². The molecule has 2 aromatic rings. The number of ether oxygens (including phenoxy) is 3. The number of esters is 1. The molecule has 5 rings (SSSR count). The fourth-order valence-corrected chi connectivity index (χ4v) is 6.21. The Morgan fingerprint density at radius 1 is 0.946 bits per heavy atom. The van der Waals surface area contributed by atoms with E-state index in [0.717, 1.165) is 35.1 Å². The van der Waals surface area contributed by atoms with Crippen molar-refractivity contribution in [2.24, 2.45) is 0 Å². The van der Waals surface area contributed by atoms with Crippen molar-refractivity contribution in [1.29, 1.82) is 0 Å². The second-order valence-electron chi connectivity index (χ2n) is 11.2. The fraction of sp³-hybridized carbons (Fsp3) is 0.483. The average Bonchev–Trinajstić information content (AvgIpc) is 3.33. The number of fused-ring (bicyclic) bond motifs is 5. The number of alkyl carbamates (subject to hydrolysis) is 1. The predicted molar refractivity (Wildman–Crippen MR) is 137 cm³/mol. The molecule has 2 aromatic carbocycles. The summed E-state index contributed by atoms with van der Waals surface area (Å²) in [5.74, 6) is -0.612. The molecule has 0 aromatic heterocycles. The summed E-state index contributed by atoms with van der Waals surface area (Å²) in [6.45, 7) is 5.63. The van der Waals surface area contributed by atoms with Gasteiger partial charge in [-0.15, -0.1) is 0 Å². The maximum Gasteiger partial charge on any atom is 0.410 e. The molecule has 3 aliphatic rings. The maximum atomic E-state index is 13.1. The topological polar surface area (TPSA) is 94.2 Å². The first kappa shape index (κ1) is 25.1. The first-order valence-corrected chi connectivity index (χ1v) is 12.8. The van der Waals surface area contributed by atoms with Gasteiger partial charge in [-0.25, -0.2) is 14.4 Å². The van der Waals surface area contributed by atoms with Gasteiger partial charge in [0.2, 0.25) is 0 Å². The molecule has 2 fully saturated rings. The highest BCUT2D eigenvalue weighted by Gasteiger charge is 2.56. The van der Waals surface area contributed by atoms with Crippen molar-refractivity contribution in [3.63, 3.8) is 0 Å². The third-order valence-corrected chi connectivity index (χ3v) is 7.65. The van der Waals surface area contributed by atoms with E-state index in [1.165, 1.54) is 7.11 Å². The number of methoxy groups -OCH3 is 1. The molecule has 2 aliphatic heterocycles. The first-order chi connectivity index (χ1) is 17.6. The summed E-state index contributed by atoms with van der Waals surface area (Å²) in [5.41, 5.74) is 2.63. The number of piperidine rings is 1. The van der Waals surface area contributed by atoms with Crippen LogP contribution in [0.1, 0.15) is 63.5 Å². The summed E-state index contributed by atoms with van der Waals surface area (Å²) in [6.07, 6.45) is 0.903. The number of carbonyl (C=O) groups is 3. The molecule has 1 N–H and O–H groups in total. The van der Waals surface area contributed by atoms with Crippen molar-refractivity contribution >= 4 is 18.2 Å². The van der Waals surface area contributed by atoms with E-state index in [1.54, 1.807) is 4.90 Å². The first-order valence-electron chi connectivity index (χ1n) is 12.8. The predicted octanol–water partition coefficient (Wildman–Crippen LogP) is 5.00. The minimum atomic E-state index is -1.26. The van der Waals surface area contributed by atoms with Gasteiger partial charge < -0.3 is 24.4 Å². The van der Waals surface area contributed by atoms with Gasteiger partial charge >= 0.3 is 18.2 Å². The monoisotopic (exact) mass is 506 g/mol. The van der Waals surface area contributed by atoms with E-state index >= 15 is 0 Å². The van der Waals surface area contributed by atoms with Crippen LogP contribution in [0.4, 0.5) is 9.59 Å². The highest BCUT2D eigenvalue weighted by Crippen LogP contribution is 2.45. The molecule has 8 nitrogen and oxygen atoms in total. The highest BCUT2D eigenvalue weighted by atomic mass is 16.6. The van der Waals surface area contributed by atoms with Gasteiger partial charge in [0.25, 0.3) is 0 Å². The number of hydrogen-bond donors (Lipinski definition) is 1. The number of hydrogen-bond acceptors (Lipinski definition) is 6. The Hall–Kier alpha value is -3.55. The summed E-state index contributed by atoms with van der Waals surface area (Å²) in [6, 6.07) is 15.8. The SMILES string of the molecule is COC(=O)C1(NC(=O)OCC2c3ccccc3-c3ccccc32)CC2CCC(C1)N2C(=O)OC(C)(C)C. The zero-order chi connectivity index (χ0) is 26.4. The van der Waals surface area contributed by atoms with Crippen molar-refractivity contribution in [2.75, 3.05) is 13.7 Å². The normalized spacial score (nSPS) is 24.2. The van der Waals surface area contributed by atoms with Gasteiger partial charge in [0, 0.05) is 30.8 Å². The standard InChI is InChI=1S/C29H34N2O6/c1-28(2,3)37-27(34)31-18-13-14-19(31)16-29(15-18,25(32)35-4)30-26(33)36-17-24-22-11-7-5-9-20(22)21-10-6-8-12-23(21)24/h5-12,18-19,24H,13-17H2,1-4H3,(H,30,33). The van der Waals surface area contributed by atoms with Crippen LogP contribution in [0.2, 0.25) is 0 Å². The maximum absolute atomic E-state index is 13.1. The molecular weight excluding hydrogens is 472 g/mol. The number of nitrogens with zero attached hydrogens (tertiary/aromatic N) is 1. The molecule has 37 heavy (non-hydrogen) atoms. The van der Waals surface area contributed by atoms with E-state index in [2.05, 4.69) is 29.6 Å². The van der Waals surface area contributed by atoms with Gasteiger partial charge in [0.1, 0.15) is 17.7 Å². The number of carbonyl (C=O) groups excluding carboxylic acids is 3. The highest BCUT2D eigenvalue weighted by molar-refractivity contribution is 5.87. The van der Waals surface area contributed by atoms with Crippen molar-refractivity contribution < 1.29 is 28.6 Å². The Labute approximate surface area is 217 Å². The Balaban J connectivity index is 1.30. The van der Waals surface area contributed by atoms with Crippen molar-refractivity contribution in [2.45, 2.75) is 75.6 Å². The fourth-order valence-electron chi connectivity index (χ4n) is 6.21. The summed E-state index contributed by atoms with van der Waals surface area (Å²) >= 11 is 0. The summed E-state index contributed by atoms with van der Waals surface area (Å²) in [7, 11) is 1.31. The van der Waals surface area contributed by atoms with Gasteiger partial charge in [-0.3, -0.25) is 0 Å². The van der Waals surface area contributed by atoms with Crippen LogP contribution in [-0.2, 0) is 19.0 Å². The van der Waals surface area contributed by atoms with Crippen LogP contribution in [0.3, 0.4) is 0 Å². The minimum absolute atomic E-state index is 0.0857. The Morgan fingerprint density at radius 3 is 2.00 bits per heavy atom. The van der Waals surface area contributed by atoms with Gasteiger partial charge in [0.05, 0.1) is 7.11 Å². The smallest absolute Gasteiger partial charge is 0.410 e. The third-order valence-electron chi connectivity index (χ3n) is 7.65. The molecule has 196 valence electrons. The van der Waals surface area contributed by atoms with Crippen LogP contribution in [0.5, 0.6) is 0 Å². The summed E-state index contributed by atoms with van der Waals surface area (Å²) in [4.78, 5) is 40.7. The van der Waals surface area contributed by atoms with Crippen LogP contribution in [-0.4, -0.2) is 60.0 Å². The molecule has 2 heterocycles. The van der Waals surface area contributed by atoms with E-state index in [-0.39, 0.29) is 43.5 Å². The second kappa shape index (κ2) is 9.39. The average molecular weight is 507 g/mol. The largest absolute Gasteiger partial charge is 0.467 e. The minimum Gasteiger partial charge on any atom is -0.467 e. The van der Waals surface area contributed by atoms with E-state index in [0.29, 0.717) is 0 Å². The molecule has 2 saturated heterocycles. The van der Waals surface area contributed by atoms with Crippen LogP contribution < -0.4 is 5.32 Å². The van der Waals surface area contributed by atoms with Crippen LogP contribution in [0, 0.1) is 0 Å². The van der Waals surface area contributed by atoms with Crippen molar-refractivity contribution in [3.05, 3.63) is 59.7 Å². The zero-order valence-corrected chi connectivity index (χ0v) is 21.8. The van der Waals surface area contributed by atoms with Crippen LogP contribution in [0.15, 0.2) is 48.5 Å². The molecule has 2 unspecified atom stereocenters. The molecule has 0 radical (unpaired) electrons. The number of rotatable bonds is 4. The number of benzene rings is 2.